The van der Waals surface area contributed by atoms with Crippen molar-refractivity contribution in [1.29, 1.82) is 0 Å². The minimum Gasteiger partial charge on any atom is -0.495 e. The molecule has 0 saturated heterocycles. The van der Waals surface area contributed by atoms with Crippen molar-refractivity contribution in [1.82, 2.24) is 0 Å². The summed E-state index contributed by atoms with van der Waals surface area (Å²) in [7, 11) is -2.41. The quantitative estimate of drug-likeness (QED) is 0.515. The first-order valence-electron chi connectivity index (χ1n) is 9.06. The van der Waals surface area contributed by atoms with Crippen LogP contribution in [0.2, 0.25) is 0 Å². The van der Waals surface area contributed by atoms with E-state index in [9.17, 15) is 13.2 Å². The molecule has 0 saturated carbocycles. The normalized spacial score (nSPS) is 11.0. The van der Waals surface area contributed by atoms with Gasteiger partial charge < -0.3 is 10.1 Å². The molecule has 0 radical (unpaired) electrons. The number of thioether (sulfide) groups is 1. The topological polar surface area (TPSA) is 84.5 Å². The molecule has 0 aliphatic carbocycles. The molecule has 2 N–H and O–H groups in total. The van der Waals surface area contributed by atoms with Gasteiger partial charge in [-0.25, -0.2) is 8.42 Å². The zero-order chi connectivity index (χ0) is 21.7. The predicted molar refractivity (Wildman–Crippen MR) is 121 cm³/mol. The van der Waals surface area contributed by atoms with Gasteiger partial charge in [-0.1, -0.05) is 29.8 Å². The summed E-state index contributed by atoms with van der Waals surface area (Å²) in [5, 5.41) is 2.74. The molecule has 0 spiro atoms. The van der Waals surface area contributed by atoms with E-state index in [0.29, 0.717) is 17.0 Å². The van der Waals surface area contributed by atoms with Crippen molar-refractivity contribution >= 4 is 39.1 Å². The number of hydrogen-bond acceptors (Lipinski definition) is 5. The average molecular weight is 443 g/mol. The molecule has 30 heavy (non-hydrogen) atoms. The monoisotopic (exact) mass is 442 g/mol. The van der Waals surface area contributed by atoms with E-state index in [1.165, 1.54) is 37.1 Å². The SMILES string of the molecule is COc1ccc(S(=O)(=O)Nc2ccccc2SC)cc1NC(=O)c1ccc(C)cc1. The van der Waals surface area contributed by atoms with Crippen LogP contribution in [0.3, 0.4) is 0 Å². The van der Waals surface area contributed by atoms with Crippen LogP contribution >= 0.6 is 11.8 Å². The lowest BCUT2D eigenvalue weighted by Gasteiger charge is -2.14. The van der Waals surface area contributed by atoms with Crippen molar-refractivity contribution in [3.63, 3.8) is 0 Å². The summed E-state index contributed by atoms with van der Waals surface area (Å²) in [5.74, 6) is 0.00228. The van der Waals surface area contributed by atoms with Gasteiger partial charge in [0.1, 0.15) is 5.75 Å². The maximum atomic E-state index is 12.9. The van der Waals surface area contributed by atoms with Crippen LogP contribution in [-0.2, 0) is 10.0 Å². The van der Waals surface area contributed by atoms with Gasteiger partial charge >= 0.3 is 0 Å². The summed E-state index contributed by atoms with van der Waals surface area (Å²) in [5.41, 5.74) is 2.26. The number of methoxy groups -OCH3 is 1. The third-order valence-electron chi connectivity index (χ3n) is 4.39. The lowest BCUT2D eigenvalue weighted by molar-refractivity contribution is 0.102. The summed E-state index contributed by atoms with van der Waals surface area (Å²) in [6.45, 7) is 1.93. The predicted octanol–water partition coefficient (Wildman–Crippen LogP) is 4.78. The van der Waals surface area contributed by atoms with Gasteiger partial charge in [0.25, 0.3) is 15.9 Å². The number of amides is 1. The van der Waals surface area contributed by atoms with E-state index in [1.54, 1.807) is 24.3 Å². The van der Waals surface area contributed by atoms with Crippen LogP contribution < -0.4 is 14.8 Å². The average Bonchev–Trinajstić information content (AvgIpc) is 2.74. The lowest BCUT2D eigenvalue weighted by Crippen LogP contribution is -2.16. The maximum absolute atomic E-state index is 12.9. The number of nitrogens with one attached hydrogen (secondary N) is 2. The number of anilines is 2. The zero-order valence-electron chi connectivity index (χ0n) is 16.8. The van der Waals surface area contributed by atoms with Crippen LogP contribution in [0.5, 0.6) is 5.75 Å². The molecule has 0 aliphatic heterocycles. The molecule has 0 heterocycles. The smallest absolute Gasteiger partial charge is 0.262 e. The Bertz CT molecular complexity index is 1160. The first-order valence-corrected chi connectivity index (χ1v) is 11.8. The van der Waals surface area contributed by atoms with Gasteiger partial charge in [-0.3, -0.25) is 9.52 Å². The van der Waals surface area contributed by atoms with E-state index in [4.69, 9.17) is 4.74 Å². The Labute approximate surface area is 180 Å². The molecule has 6 nitrogen and oxygen atoms in total. The Morgan fingerprint density at radius 1 is 0.967 bits per heavy atom. The molecule has 0 aromatic heterocycles. The van der Waals surface area contributed by atoms with Crippen molar-refractivity contribution in [2.75, 3.05) is 23.4 Å². The standard InChI is InChI=1S/C22H22N2O4S2/c1-15-8-10-16(11-9-15)22(25)23-19-14-17(12-13-20(19)28-2)30(26,27)24-18-6-4-5-7-21(18)29-3/h4-14,24H,1-3H3,(H,23,25). The largest absolute Gasteiger partial charge is 0.495 e. The van der Waals surface area contributed by atoms with Crippen LogP contribution in [0.25, 0.3) is 0 Å². The minimum absolute atomic E-state index is 0.0124. The van der Waals surface area contributed by atoms with Crippen LogP contribution in [0.4, 0.5) is 11.4 Å². The molecule has 156 valence electrons. The molecule has 8 heteroatoms. The number of benzene rings is 3. The highest BCUT2D eigenvalue weighted by atomic mass is 32.2. The Kier molecular flexibility index (Phi) is 6.69. The molecule has 0 unspecified atom stereocenters. The van der Waals surface area contributed by atoms with Gasteiger partial charge in [0, 0.05) is 10.5 Å². The molecule has 1 amide bonds. The van der Waals surface area contributed by atoms with Gasteiger partial charge in [-0.2, -0.15) is 0 Å². The highest BCUT2D eigenvalue weighted by molar-refractivity contribution is 7.99. The van der Waals surface area contributed by atoms with E-state index in [2.05, 4.69) is 10.0 Å². The molecular weight excluding hydrogens is 420 g/mol. The summed E-state index contributed by atoms with van der Waals surface area (Å²) in [6, 6.07) is 18.6. The van der Waals surface area contributed by atoms with E-state index in [1.807, 2.05) is 37.4 Å². The molecule has 0 aliphatic rings. The van der Waals surface area contributed by atoms with Gasteiger partial charge in [-0.15, -0.1) is 11.8 Å². The van der Waals surface area contributed by atoms with Crippen molar-refractivity contribution in [3.05, 3.63) is 77.9 Å². The Morgan fingerprint density at radius 3 is 2.33 bits per heavy atom. The van der Waals surface area contributed by atoms with E-state index >= 15 is 0 Å². The molecule has 0 bridgehead atoms. The third-order valence-corrected chi connectivity index (χ3v) is 6.55. The van der Waals surface area contributed by atoms with E-state index in [0.717, 1.165) is 10.5 Å². The highest BCUT2D eigenvalue weighted by Gasteiger charge is 2.19. The second-order valence-electron chi connectivity index (χ2n) is 6.49. The fourth-order valence-electron chi connectivity index (χ4n) is 2.78. The summed E-state index contributed by atoms with van der Waals surface area (Å²) in [6.07, 6.45) is 1.87. The van der Waals surface area contributed by atoms with Crippen molar-refractivity contribution in [2.24, 2.45) is 0 Å². The fourth-order valence-corrected chi connectivity index (χ4v) is 4.51. The second-order valence-corrected chi connectivity index (χ2v) is 9.02. The Hall–Kier alpha value is -2.97. The number of para-hydroxylation sites is 1. The number of ether oxygens (including phenoxy) is 1. The van der Waals surface area contributed by atoms with E-state index in [-0.39, 0.29) is 16.5 Å². The fraction of sp³-hybridized carbons (Fsp3) is 0.136. The Morgan fingerprint density at radius 2 is 1.67 bits per heavy atom. The third kappa shape index (κ3) is 4.95. The van der Waals surface area contributed by atoms with E-state index < -0.39 is 10.0 Å². The summed E-state index contributed by atoms with van der Waals surface area (Å²) >= 11 is 1.44. The number of aryl methyl sites for hydroxylation is 1. The molecule has 3 aromatic rings. The van der Waals surface area contributed by atoms with Crippen molar-refractivity contribution in [3.8, 4) is 5.75 Å². The molecule has 3 aromatic carbocycles. The number of sulfonamides is 1. The first kappa shape index (κ1) is 21.7. The Balaban J connectivity index is 1.91. The lowest BCUT2D eigenvalue weighted by atomic mass is 10.1. The van der Waals surface area contributed by atoms with Crippen LogP contribution in [-0.4, -0.2) is 27.7 Å². The second kappa shape index (κ2) is 9.23. The summed E-state index contributed by atoms with van der Waals surface area (Å²) in [4.78, 5) is 13.4. The maximum Gasteiger partial charge on any atom is 0.262 e. The van der Waals surface area contributed by atoms with Crippen LogP contribution in [0.1, 0.15) is 15.9 Å². The van der Waals surface area contributed by atoms with Gasteiger partial charge in [0.2, 0.25) is 0 Å². The molecule has 3 rings (SSSR count). The van der Waals surface area contributed by atoms with Crippen LogP contribution in [0.15, 0.2) is 76.5 Å². The molecule has 0 fully saturated rings. The van der Waals surface area contributed by atoms with Gasteiger partial charge in [0.15, 0.2) is 0 Å². The molecular formula is C22H22N2O4S2. The van der Waals surface area contributed by atoms with Crippen molar-refractivity contribution < 1.29 is 17.9 Å². The minimum atomic E-state index is -3.87. The number of carbonyl (C=O) groups is 1. The molecule has 0 atom stereocenters. The number of hydrogen-bond donors (Lipinski definition) is 2. The first-order chi connectivity index (χ1) is 14.3. The zero-order valence-corrected chi connectivity index (χ0v) is 18.4. The number of carbonyl (C=O) groups excluding carboxylic acids is 1. The van der Waals surface area contributed by atoms with Gasteiger partial charge in [-0.05, 0) is 55.6 Å². The number of rotatable bonds is 7. The van der Waals surface area contributed by atoms with Crippen LogP contribution in [0, 0.1) is 6.92 Å². The highest BCUT2D eigenvalue weighted by Crippen LogP contribution is 2.31. The summed E-state index contributed by atoms with van der Waals surface area (Å²) < 4.78 is 33.8. The van der Waals surface area contributed by atoms with Gasteiger partial charge in [0.05, 0.1) is 23.4 Å². The van der Waals surface area contributed by atoms with Crippen molar-refractivity contribution in [2.45, 2.75) is 16.7 Å².